The summed E-state index contributed by atoms with van der Waals surface area (Å²) < 4.78 is 28.6. The molecule has 1 unspecified atom stereocenters. The lowest BCUT2D eigenvalue weighted by Crippen LogP contribution is -2.47. The highest BCUT2D eigenvalue weighted by molar-refractivity contribution is 5.76. The molecule has 0 aliphatic carbocycles. The highest BCUT2D eigenvalue weighted by Crippen LogP contribution is 2.43. The van der Waals surface area contributed by atoms with E-state index in [1.807, 2.05) is 26.0 Å². The number of rotatable bonds is 8. The van der Waals surface area contributed by atoms with Crippen molar-refractivity contribution in [1.29, 1.82) is 0 Å². The van der Waals surface area contributed by atoms with Crippen LogP contribution in [0.5, 0.6) is 5.75 Å². The van der Waals surface area contributed by atoms with Crippen LogP contribution in [0.1, 0.15) is 63.0 Å². The highest BCUT2D eigenvalue weighted by atomic mass is 19.1. The lowest BCUT2D eigenvalue weighted by atomic mass is 9.85. The molecule has 0 spiro atoms. The molecule has 2 aromatic rings. The van der Waals surface area contributed by atoms with Crippen molar-refractivity contribution < 1.29 is 18.7 Å². The fourth-order valence-corrected chi connectivity index (χ4v) is 5.57. The summed E-state index contributed by atoms with van der Waals surface area (Å²) >= 11 is 0. The minimum absolute atomic E-state index is 0.0415. The second-order valence-corrected chi connectivity index (χ2v) is 10.00. The number of hydrogen-bond donors (Lipinski definition) is 1. The average molecular weight is 457 g/mol. The molecule has 2 bridgehead atoms. The second kappa shape index (κ2) is 10.2. The first-order valence-corrected chi connectivity index (χ1v) is 12.1. The van der Waals surface area contributed by atoms with Gasteiger partial charge in [-0.2, -0.15) is 0 Å². The van der Waals surface area contributed by atoms with Crippen LogP contribution in [0.25, 0.3) is 0 Å². The monoisotopic (exact) mass is 456 g/mol. The minimum Gasteiger partial charge on any atom is -0.508 e. The summed E-state index contributed by atoms with van der Waals surface area (Å²) in [5.74, 6) is -0.359. The number of halogens is 2. The summed E-state index contributed by atoms with van der Waals surface area (Å²) in [6.07, 6.45) is 4.68. The van der Waals surface area contributed by atoms with E-state index in [-0.39, 0.29) is 23.9 Å². The molecule has 2 fully saturated rings. The van der Waals surface area contributed by atoms with E-state index in [1.165, 1.54) is 23.8 Å². The van der Waals surface area contributed by atoms with Gasteiger partial charge in [0.2, 0.25) is 5.91 Å². The number of piperidine rings is 1. The Morgan fingerprint density at radius 2 is 1.73 bits per heavy atom. The van der Waals surface area contributed by atoms with Crippen molar-refractivity contribution >= 4 is 5.91 Å². The molecule has 1 amide bonds. The molecule has 2 aliphatic rings. The summed E-state index contributed by atoms with van der Waals surface area (Å²) in [6.45, 7) is 5.09. The maximum atomic E-state index is 14.3. The van der Waals surface area contributed by atoms with Gasteiger partial charge >= 0.3 is 0 Å². The van der Waals surface area contributed by atoms with Gasteiger partial charge in [-0.3, -0.25) is 9.69 Å². The van der Waals surface area contributed by atoms with Crippen LogP contribution in [0.4, 0.5) is 8.78 Å². The van der Waals surface area contributed by atoms with Crippen LogP contribution in [-0.4, -0.2) is 46.0 Å². The van der Waals surface area contributed by atoms with E-state index in [1.54, 1.807) is 11.0 Å². The third kappa shape index (κ3) is 5.55. The third-order valence-electron chi connectivity index (χ3n) is 7.20. The van der Waals surface area contributed by atoms with E-state index in [2.05, 4.69) is 11.0 Å². The lowest BCUT2D eigenvalue weighted by molar-refractivity contribution is -0.133. The molecule has 0 aromatic heterocycles. The summed E-state index contributed by atoms with van der Waals surface area (Å²) in [4.78, 5) is 17.1. The molecule has 3 atom stereocenters. The lowest BCUT2D eigenvalue weighted by Gasteiger charge is -2.40. The van der Waals surface area contributed by atoms with E-state index in [0.29, 0.717) is 43.3 Å². The molecule has 0 saturated carbocycles. The van der Waals surface area contributed by atoms with E-state index in [9.17, 15) is 18.7 Å². The highest BCUT2D eigenvalue weighted by Gasteiger charge is 2.41. The molecule has 178 valence electrons. The van der Waals surface area contributed by atoms with E-state index in [4.69, 9.17) is 0 Å². The number of benzene rings is 2. The van der Waals surface area contributed by atoms with E-state index < -0.39 is 11.6 Å². The van der Waals surface area contributed by atoms with Gasteiger partial charge in [0, 0.05) is 37.2 Å². The molecular weight excluding hydrogens is 422 g/mol. The number of aromatic hydroxyl groups is 1. The van der Waals surface area contributed by atoms with Gasteiger partial charge < -0.3 is 10.0 Å². The Hall–Kier alpha value is -2.47. The van der Waals surface area contributed by atoms with Crippen LogP contribution in [0.2, 0.25) is 0 Å². The first kappa shape index (κ1) is 23.7. The Morgan fingerprint density at radius 3 is 2.33 bits per heavy atom. The Labute approximate surface area is 195 Å². The van der Waals surface area contributed by atoms with Gasteiger partial charge in [-0.1, -0.05) is 32.0 Å². The molecule has 2 aliphatic heterocycles. The number of carbonyl (C=O) groups excluding carboxylic acids is 1. The normalized spacial score (nSPS) is 22.6. The zero-order valence-electron chi connectivity index (χ0n) is 19.5. The number of amides is 1. The quantitative estimate of drug-likeness (QED) is 0.574. The van der Waals surface area contributed by atoms with E-state index >= 15 is 0 Å². The first-order chi connectivity index (χ1) is 15.8. The Bertz CT molecular complexity index is 946. The topological polar surface area (TPSA) is 43.8 Å². The third-order valence-corrected chi connectivity index (χ3v) is 7.20. The Kier molecular flexibility index (Phi) is 7.32. The first-order valence-electron chi connectivity index (χ1n) is 12.1. The van der Waals surface area contributed by atoms with Crippen molar-refractivity contribution in [3.05, 3.63) is 65.2 Å². The summed E-state index contributed by atoms with van der Waals surface area (Å²) in [5.41, 5.74) is 1.15. The van der Waals surface area contributed by atoms with Crippen LogP contribution < -0.4 is 0 Å². The number of carbonyl (C=O) groups is 1. The molecule has 2 saturated heterocycles. The fraction of sp³-hybridized carbons (Fsp3) is 0.519. The number of nitrogens with zero attached hydrogens (tertiary/aromatic N) is 2. The summed E-state index contributed by atoms with van der Waals surface area (Å²) in [6, 6.07) is 12.3. The van der Waals surface area contributed by atoms with Crippen molar-refractivity contribution in [2.75, 3.05) is 13.1 Å². The average Bonchev–Trinajstić information content (AvgIpc) is 2.99. The predicted octanol–water partition coefficient (Wildman–Crippen LogP) is 5.46. The van der Waals surface area contributed by atoms with Crippen LogP contribution >= 0.6 is 0 Å². The molecule has 2 heterocycles. The predicted molar refractivity (Wildman–Crippen MR) is 125 cm³/mol. The Balaban J connectivity index is 1.44. The van der Waals surface area contributed by atoms with Crippen LogP contribution in [0.3, 0.4) is 0 Å². The smallest absolute Gasteiger partial charge is 0.223 e. The zero-order chi connectivity index (χ0) is 23.5. The largest absolute Gasteiger partial charge is 0.508 e. The van der Waals surface area contributed by atoms with Gasteiger partial charge in [-0.05, 0) is 67.3 Å². The summed E-state index contributed by atoms with van der Waals surface area (Å²) in [7, 11) is 0. The van der Waals surface area contributed by atoms with Gasteiger partial charge in [0.1, 0.15) is 17.4 Å². The Morgan fingerprint density at radius 1 is 1.09 bits per heavy atom. The molecule has 6 heteroatoms. The zero-order valence-corrected chi connectivity index (χ0v) is 19.5. The van der Waals surface area contributed by atoms with Crippen LogP contribution in [-0.2, 0) is 11.3 Å². The SMILES string of the molecule is CC(C)CC(=O)N(CCN1[C@@H]2CC[C@H]1CC(c1cccc(O)c1)C2)Cc1c(F)cccc1F. The molecule has 4 rings (SSSR count). The fourth-order valence-electron chi connectivity index (χ4n) is 5.57. The maximum absolute atomic E-state index is 14.3. The van der Waals surface area contributed by atoms with Crippen molar-refractivity contribution in [3.8, 4) is 5.75 Å². The number of phenolic OH excluding ortho intramolecular Hbond substituents is 1. The number of phenols is 1. The molecule has 2 aromatic carbocycles. The standard InChI is InChI=1S/C27H34F2N2O2/c1-18(2)13-27(33)30(17-24-25(28)7-4-8-26(24)29)11-12-31-21-9-10-22(31)15-20(14-21)19-5-3-6-23(32)16-19/h3-8,16,18,20-22,32H,9-15,17H2,1-2H3/t20?,21-,22+. The van der Waals surface area contributed by atoms with E-state index in [0.717, 1.165) is 25.7 Å². The van der Waals surface area contributed by atoms with Crippen LogP contribution in [0.15, 0.2) is 42.5 Å². The molecular formula is C27H34F2N2O2. The maximum Gasteiger partial charge on any atom is 0.223 e. The molecule has 0 radical (unpaired) electrons. The minimum atomic E-state index is -0.607. The van der Waals surface area contributed by atoms with Gasteiger partial charge in [-0.15, -0.1) is 0 Å². The second-order valence-electron chi connectivity index (χ2n) is 10.00. The molecule has 4 nitrogen and oxygen atoms in total. The molecule has 1 N–H and O–H groups in total. The van der Waals surface area contributed by atoms with Crippen LogP contribution in [0, 0.1) is 17.6 Å². The van der Waals surface area contributed by atoms with Crippen molar-refractivity contribution in [1.82, 2.24) is 9.80 Å². The van der Waals surface area contributed by atoms with Gasteiger partial charge in [0.25, 0.3) is 0 Å². The number of hydrogen-bond acceptors (Lipinski definition) is 3. The summed E-state index contributed by atoms with van der Waals surface area (Å²) in [5, 5.41) is 9.86. The molecule has 33 heavy (non-hydrogen) atoms. The van der Waals surface area contributed by atoms with Gasteiger partial charge in [0.05, 0.1) is 6.54 Å². The number of fused-ring (bicyclic) bond motifs is 2. The van der Waals surface area contributed by atoms with Gasteiger partial charge in [-0.25, -0.2) is 8.78 Å². The van der Waals surface area contributed by atoms with Crippen molar-refractivity contribution in [2.45, 2.75) is 70.5 Å². The van der Waals surface area contributed by atoms with Crippen molar-refractivity contribution in [2.24, 2.45) is 5.92 Å². The van der Waals surface area contributed by atoms with Crippen molar-refractivity contribution in [3.63, 3.8) is 0 Å². The van der Waals surface area contributed by atoms with Gasteiger partial charge in [0.15, 0.2) is 0 Å².